The smallest absolute Gasteiger partial charge is 0.242 e. The van der Waals surface area contributed by atoms with Crippen molar-refractivity contribution in [1.82, 2.24) is 26.6 Å². The number of phenols is 1. The average molecular weight is 605 g/mol. The van der Waals surface area contributed by atoms with Gasteiger partial charge in [-0.3, -0.25) is 9.59 Å². The molecule has 248 valence electrons. The Balaban J connectivity index is 1.92. The molecule has 1 aromatic rings. The van der Waals surface area contributed by atoms with Gasteiger partial charge in [0.1, 0.15) is 11.8 Å². The molecule has 0 aromatic heterocycles. The third-order valence-electron chi connectivity index (χ3n) is 7.56. The Morgan fingerprint density at radius 2 is 1.14 bits per heavy atom. The van der Waals surface area contributed by atoms with Crippen LogP contribution in [0.3, 0.4) is 0 Å². The Kier molecular flexibility index (Phi) is 25.8. The maximum absolute atomic E-state index is 12.8. The molecule has 43 heavy (non-hydrogen) atoms. The van der Waals surface area contributed by atoms with Crippen LogP contribution in [0.25, 0.3) is 0 Å². The fourth-order valence-corrected chi connectivity index (χ4v) is 4.95. The lowest BCUT2D eigenvalue weighted by molar-refractivity contribution is -0.129. The van der Waals surface area contributed by atoms with Gasteiger partial charge in [-0.1, -0.05) is 57.6 Å². The SMILES string of the molecule is CCCC(=O)N[C@@H](Cc1ccc(O)cc1)C(=O)NCCCNCCCCCCNCCCCCCNCCCCCCN. The highest BCUT2D eigenvalue weighted by molar-refractivity contribution is 5.87. The van der Waals surface area contributed by atoms with Crippen molar-refractivity contribution in [2.24, 2.45) is 5.73 Å². The second-order valence-corrected chi connectivity index (χ2v) is 11.7. The lowest BCUT2D eigenvalue weighted by atomic mass is 10.0. The van der Waals surface area contributed by atoms with E-state index in [1.165, 1.54) is 70.6 Å². The van der Waals surface area contributed by atoms with Crippen molar-refractivity contribution >= 4 is 11.8 Å². The third-order valence-corrected chi connectivity index (χ3v) is 7.56. The van der Waals surface area contributed by atoms with Gasteiger partial charge in [0.2, 0.25) is 11.8 Å². The van der Waals surface area contributed by atoms with Crippen LogP contribution in [0.4, 0.5) is 0 Å². The molecule has 0 saturated heterocycles. The molecule has 1 atom stereocenters. The maximum Gasteiger partial charge on any atom is 0.242 e. The molecule has 0 aliphatic rings. The molecule has 0 spiro atoms. The second kappa shape index (κ2) is 28.6. The largest absolute Gasteiger partial charge is 0.508 e. The van der Waals surface area contributed by atoms with E-state index in [2.05, 4.69) is 26.6 Å². The number of hydrogen-bond acceptors (Lipinski definition) is 7. The highest BCUT2D eigenvalue weighted by Crippen LogP contribution is 2.12. The van der Waals surface area contributed by atoms with Crippen molar-refractivity contribution in [2.45, 2.75) is 116 Å². The van der Waals surface area contributed by atoms with Crippen LogP contribution < -0.4 is 32.3 Å². The molecule has 0 aliphatic heterocycles. The van der Waals surface area contributed by atoms with Gasteiger partial charge >= 0.3 is 0 Å². The van der Waals surface area contributed by atoms with Gasteiger partial charge in [-0.25, -0.2) is 0 Å². The van der Waals surface area contributed by atoms with E-state index in [-0.39, 0.29) is 17.6 Å². The molecule has 1 rings (SSSR count). The average Bonchev–Trinajstić information content (AvgIpc) is 3.00. The fourth-order valence-electron chi connectivity index (χ4n) is 4.95. The molecule has 0 unspecified atom stereocenters. The number of benzene rings is 1. The molecule has 0 saturated carbocycles. The van der Waals surface area contributed by atoms with Crippen molar-refractivity contribution in [3.05, 3.63) is 29.8 Å². The number of amides is 2. The predicted molar refractivity (Wildman–Crippen MR) is 179 cm³/mol. The first kappa shape index (κ1) is 38.8. The van der Waals surface area contributed by atoms with Crippen molar-refractivity contribution in [3.63, 3.8) is 0 Å². The summed E-state index contributed by atoms with van der Waals surface area (Å²) in [7, 11) is 0. The van der Waals surface area contributed by atoms with Crippen molar-refractivity contribution < 1.29 is 14.7 Å². The quantitative estimate of drug-likeness (QED) is 0.0655. The summed E-state index contributed by atoms with van der Waals surface area (Å²) >= 11 is 0. The van der Waals surface area contributed by atoms with E-state index in [9.17, 15) is 14.7 Å². The van der Waals surface area contributed by atoms with Crippen molar-refractivity contribution in [3.8, 4) is 5.75 Å². The number of aromatic hydroxyl groups is 1. The predicted octanol–water partition coefficient (Wildman–Crippen LogP) is 4.13. The molecule has 2 amide bonds. The van der Waals surface area contributed by atoms with Crippen LogP contribution in [0.15, 0.2) is 24.3 Å². The molecule has 0 fully saturated rings. The lowest BCUT2D eigenvalue weighted by Crippen LogP contribution is -2.48. The zero-order valence-electron chi connectivity index (χ0n) is 27.2. The molecule has 0 aliphatic carbocycles. The molecule has 1 aromatic carbocycles. The monoisotopic (exact) mass is 605 g/mol. The molecular formula is C34H64N6O3. The van der Waals surface area contributed by atoms with Gasteiger partial charge in [0.25, 0.3) is 0 Å². The minimum atomic E-state index is -0.620. The van der Waals surface area contributed by atoms with Gasteiger partial charge in [0.05, 0.1) is 0 Å². The Morgan fingerprint density at radius 3 is 1.60 bits per heavy atom. The van der Waals surface area contributed by atoms with Gasteiger partial charge < -0.3 is 37.4 Å². The first-order chi connectivity index (χ1) is 21.1. The van der Waals surface area contributed by atoms with Crippen molar-refractivity contribution in [1.29, 1.82) is 0 Å². The van der Waals surface area contributed by atoms with E-state index in [0.717, 1.165) is 70.6 Å². The molecule has 9 heteroatoms. The Labute approximate surface area is 262 Å². The van der Waals surface area contributed by atoms with Gasteiger partial charge in [0, 0.05) is 19.4 Å². The summed E-state index contributed by atoms with van der Waals surface area (Å²) in [6, 6.07) is 6.12. The number of carbonyl (C=O) groups is 2. The van der Waals surface area contributed by atoms with Crippen LogP contribution in [0, 0.1) is 0 Å². The van der Waals surface area contributed by atoms with Crippen LogP contribution in [-0.2, 0) is 16.0 Å². The first-order valence-electron chi connectivity index (χ1n) is 17.2. The Morgan fingerprint density at radius 1 is 0.674 bits per heavy atom. The summed E-state index contributed by atoms with van der Waals surface area (Å²) in [6.45, 7) is 9.75. The number of rotatable bonds is 30. The summed E-state index contributed by atoms with van der Waals surface area (Å²) in [5.41, 5.74) is 6.41. The van der Waals surface area contributed by atoms with Gasteiger partial charge in [-0.15, -0.1) is 0 Å². The van der Waals surface area contributed by atoms with Crippen molar-refractivity contribution in [2.75, 3.05) is 52.4 Å². The molecule has 0 radical (unpaired) electrons. The van der Waals surface area contributed by atoms with E-state index in [4.69, 9.17) is 5.73 Å². The topological polar surface area (TPSA) is 141 Å². The number of unbranched alkanes of at least 4 members (excludes halogenated alkanes) is 9. The number of nitrogens with two attached hydrogens (primary N) is 1. The summed E-state index contributed by atoms with van der Waals surface area (Å²) in [6.07, 6.45) is 17.5. The highest BCUT2D eigenvalue weighted by Gasteiger charge is 2.20. The summed E-state index contributed by atoms with van der Waals surface area (Å²) < 4.78 is 0. The zero-order chi connectivity index (χ0) is 31.2. The number of carbonyl (C=O) groups excluding carboxylic acids is 2. The van der Waals surface area contributed by atoms with Crippen LogP contribution in [-0.4, -0.2) is 75.3 Å². The lowest BCUT2D eigenvalue weighted by Gasteiger charge is -2.19. The van der Waals surface area contributed by atoms with E-state index in [0.29, 0.717) is 19.4 Å². The van der Waals surface area contributed by atoms with E-state index in [1.54, 1.807) is 24.3 Å². The number of phenolic OH excluding ortho intramolecular Hbond substituents is 1. The maximum atomic E-state index is 12.8. The summed E-state index contributed by atoms with van der Waals surface area (Å²) in [5, 5.41) is 25.9. The molecule has 0 bridgehead atoms. The standard InChI is InChI=1S/C34H64N6O3/c1-2-16-33(42)40-32(29-30-17-19-31(41)20-18-30)34(43)39-28-15-27-38-26-14-8-7-13-25-37-24-12-6-5-11-23-36-22-10-4-3-9-21-35/h17-20,32,36-38,41H,2-16,21-29,35H2,1H3,(H,39,43)(H,40,42)/t32-/m0/s1. The highest BCUT2D eigenvalue weighted by atomic mass is 16.3. The van der Waals surface area contributed by atoms with Gasteiger partial charge in [-0.2, -0.15) is 0 Å². The molecule has 8 N–H and O–H groups in total. The van der Waals surface area contributed by atoms with Gasteiger partial charge in [-0.05, 0) is 115 Å². The third kappa shape index (κ3) is 23.9. The van der Waals surface area contributed by atoms with Gasteiger partial charge in [0.15, 0.2) is 0 Å². The van der Waals surface area contributed by atoms with E-state index < -0.39 is 6.04 Å². The van der Waals surface area contributed by atoms with E-state index >= 15 is 0 Å². The second-order valence-electron chi connectivity index (χ2n) is 11.7. The normalized spacial score (nSPS) is 11.9. The van der Waals surface area contributed by atoms with Crippen LogP contribution in [0.1, 0.15) is 109 Å². The summed E-state index contributed by atoms with van der Waals surface area (Å²) in [4.78, 5) is 24.9. The fraction of sp³-hybridized carbons (Fsp3) is 0.765. The Bertz CT molecular complexity index is 793. The van der Waals surface area contributed by atoms with Crippen LogP contribution >= 0.6 is 0 Å². The minimum Gasteiger partial charge on any atom is -0.508 e. The van der Waals surface area contributed by atoms with E-state index in [1.807, 2.05) is 6.92 Å². The summed E-state index contributed by atoms with van der Waals surface area (Å²) in [5.74, 6) is -0.103. The zero-order valence-corrected chi connectivity index (χ0v) is 27.2. The Hall–Kier alpha value is -2.20. The first-order valence-corrected chi connectivity index (χ1v) is 17.2. The van der Waals surface area contributed by atoms with Crippen LogP contribution in [0.5, 0.6) is 5.75 Å². The molecule has 0 heterocycles. The molecular weight excluding hydrogens is 540 g/mol. The van der Waals surface area contributed by atoms with Crippen LogP contribution in [0.2, 0.25) is 0 Å². The number of hydrogen-bond donors (Lipinski definition) is 7. The number of nitrogens with one attached hydrogen (secondary N) is 5. The molecule has 9 nitrogen and oxygen atoms in total. The minimum absolute atomic E-state index is 0.117.